The number of nitrogens with zero attached hydrogens (tertiary/aromatic N) is 1. The molecule has 0 saturated carbocycles. The molecule has 0 aliphatic carbocycles. The maximum atomic E-state index is 13.4. The quantitative estimate of drug-likeness (QED) is 0.818. The van der Waals surface area contributed by atoms with Crippen molar-refractivity contribution in [3.05, 3.63) is 78.0 Å². The summed E-state index contributed by atoms with van der Waals surface area (Å²) in [6.07, 6.45) is 3.52. The molecular formula is C18H15F2NO2. The molecule has 1 atom stereocenters. The fraction of sp³-hybridized carbons (Fsp3) is 0.167. The van der Waals surface area contributed by atoms with Crippen molar-refractivity contribution in [3.63, 3.8) is 0 Å². The van der Waals surface area contributed by atoms with E-state index in [1.807, 2.05) is 6.07 Å². The molecular weight excluding hydrogens is 300 g/mol. The number of allylic oxidation sites excluding steroid dienone is 1. The Morgan fingerprint density at radius 2 is 1.78 bits per heavy atom. The van der Waals surface area contributed by atoms with E-state index in [1.54, 1.807) is 36.5 Å². The number of carbonyl (C=O) groups excluding carboxylic acids is 1. The number of halogens is 2. The van der Waals surface area contributed by atoms with E-state index >= 15 is 0 Å². The van der Waals surface area contributed by atoms with Gasteiger partial charge in [0.2, 0.25) is 0 Å². The van der Waals surface area contributed by atoms with Gasteiger partial charge in [0.15, 0.2) is 0 Å². The number of benzene rings is 2. The lowest BCUT2D eigenvalue weighted by molar-refractivity contribution is 0.165. The summed E-state index contributed by atoms with van der Waals surface area (Å²) in [6, 6.07) is 12.2. The molecule has 3 rings (SSSR count). The van der Waals surface area contributed by atoms with Crippen LogP contribution in [0.4, 0.5) is 13.6 Å². The van der Waals surface area contributed by atoms with E-state index in [1.165, 1.54) is 17.0 Å². The number of carbonyl (C=O) groups is 1. The molecule has 1 heterocycles. The summed E-state index contributed by atoms with van der Waals surface area (Å²) in [5.41, 5.74) is 0.532. The molecule has 118 valence electrons. The van der Waals surface area contributed by atoms with Gasteiger partial charge >= 0.3 is 6.09 Å². The van der Waals surface area contributed by atoms with E-state index in [-0.39, 0.29) is 5.92 Å². The summed E-state index contributed by atoms with van der Waals surface area (Å²) in [5.74, 6) is -0.959. The first-order valence-electron chi connectivity index (χ1n) is 7.28. The van der Waals surface area contributed by atoms with Crippen LogP contribution >= 0.6 is 0 Å². The van der Waals surface area contributed by atoms with E-state index in [9.17, 15) is 13.6 Å². The van der Waals surface area contributed by atoms with Gasteiger partial charge in [0.05, 0.1) is 0 Å². The molecule has 0 fully saturated rings. The van der Waals surface area contributed by atoms with Gasteiger partial charge in [-0.3, -0.25) is 4.90 Å². The second kappa shape index (κ2) is 6.60. The lowest BCUT2D eigenvalue weighted by Crippen LogP contribution is -2.34. The molecule has 2 aromatic carbocycles. The molecule has 0 radical (unpaired) electrons. The zero-order valence-electron chi connectivity index (χ0n) is 12.3. The smallest absolute Gasteiger partial charge is 0.410 e. The van der Waals surface area contributed by atoms with Gasteiger partial charge in [-0.2, -0.15) is 0 Å². The molecule has 1 amide bonds. The first kappa shape index (κ1) is 15.2. The van der Waals surface area contributed by atoms with E-state index in [4.69, 9.17) is 4.74 Å². The number of para-hydroxylation sites is 1. The molecule has 5 heteroatoms. The maximum absolute atomic E-state index is 13.4. The van der Waals surface area contributed by atoms with Gasteiger partial charge in [-0.15, -0.1) is 0 Å². The molecule has 1 aliphatic rings. The Labute approximate surface area is 132 Å². The third-order valence-electron chi connectivity index (χ3n) is 3.66. The van der Waals surface area contributed by atoms with Crippen LogP contribution in [0.1, 0.15) is 17.9 Å². The molecule has 2 aromatic rings. The topological polar surface area (TPSA) is 29.5 Å². The van der Waals surface area contributed by atoms with E-state index in [0.717, 1.165) is 6.07 Å². The van der Waals surface area contributed by atoms with Gasteiger partial charge in [0.1, 0.15) is 17.4 Å². The third kappa shape index (κ3) is 3.74. The van der Waals surface area contributed by atoms with Crippen LogP contribution in [0.25, 0.3) is 0 Å². The van der Waals surface area contributed by atoms with Gasteiger partial charge in [-0.25, -0.2) is 13.6 Å². The van der Waals surface area contributed by atoms with Crippen LogP contribution in [0.2, 0.25) is 0 Å². The lowest BCUT2D eigenvalue weighted by atomic mass is 9.93. The average Bonchev–Trinajstić information content (AvgIpc) is 2.55. The molecule has 0 aromatic heterocycles. The summed E-state index contributed by atoms with van der Waals surface area (Å²) in [7, 11) is 0. The van der Waals surface area contributed by atoms with Crippen molar-refractivity contribution in [2.45, 2.75) is 12.3 Å². The maximum Gasteiger partial charge on any atom is 0.419 e. The Morgan fingerprint density at radius 1 is 1.09 bits per heavy atom. The Morgan fingerprint density at radius 3 is 2.48 bits per heavy atom. The van der Waals surface area contributed by atoms with Gasteiger partial charge < -0.3 is 4.74 Å². The SMILES string of the molecule is O=C(Oc1ccccc1)N1C=CC[C@@H](c2cc(F)cc(F)c2)C1. The number of rotatable bonds is 2. The van der Waals surface area contributed by atoms with Crippen LogP contribution in [0.5, 0.6) is 5.75 Å². The van der Waals surface area contributed by atoms with Gasteiger partial charge in [0.25, 0.3) is 0 Å². The Kier molecular flexibility index (Phi) is 4.37. The summed E-state index contributed by atoms with van der Waals surface area (Å²) in [4.78, 5) is 13.6. The number of hydrogen-bond donors (Lipinski definition) is 0. The summed E-state index contributed by atoms with van der Waals surface area (Å²) in [5, 5.41) is 0. The Bertz CT molecular complexity index is 711. The highest BCUT2D eigenvalue weighted by Crippen LogP contribution is 2.27. The van der Waals surface area contributed by atoms with Crippen LogP contribution in [-0.2, 0) is 0 Å². The monoisotopic (exact) mass is 315 g/mol. The predicted molar refractivity (Wildman–Crippen MR) is 82.0 cm³/mol. The van der Waals surface area contributed by atoms with Gasteiger partial charge in [0, 0.05) is 24.7 Å². The summed E-state index contributed by atoms with van der Waals surface area (Å²) in [6.45, 7) is 0.311. The molecule has 0 bridgehead atoms. The lowest BCUT2D eigenvalue weighted by Gasteiger charge is -2.27. The second-order valence-corrected chi connectivity index (χ2v) is 5.35. The van der Waals surface area contributed by atoms with Crippen molar-refractivity contribution in [3.8, 4) is 5.75 Å². The van der Waals surface area contributed by atoms with Crippen LogP contribution < -0.4 is 4.74 Å². The normalized spacial score (nSPS) is 17.1. The van der Waals surface area contributed by atoms with E-state index < -0.39 is 17.7 Å². The third-order valence-corrected chi connectivity index (χ3v) is 3.66. The van der Waals surface area contributed by atoms with Crippen LogP contribution in [0.15, 0.2) is 60.8 Å². The Balaban J connectivity index is 1.72. The fourth-order valence-electron chi connectivity index (χ4n) is 2.56. The van der Waals surface area contributed by atoms with Crippen LogP contribution in [0.3, 0.4) is 0 Å². The molecule has 0 spiro atoms. The molecule has 0 saturated heterocycles. The highest BCUT2D eigenvalue weighted by atomic mass is 19.1. The van der Waals surface area contributed by atoms with Crippen molar-refractivity contribution >= 4 is 6.09 Å². The molecule has 1 aliphatic heterocycles. The van der Waals surface area contributed by atoms with Crippen LogP contribution in [0, 0.1) is 11.6 Å². The summed E-state index contributed by atoms with van der Waals surface area (Å²) >= 11 is 0. The minimum absolute atomic E-state index is 0.173. The summed E-state index contributed by atoms with van der Waals surface area (Å²) < 4.78 is 32.0. The predicted octanol–water partition coefficient (Wildman–Crippen LogP) is 4.47. The average molecular weight is 315 g/mol. The van der Waals surface area contributed by atoms with Crippen molar-refractivity contribution in [2.24, 2.45) is 0 Å². The minimum Gasteiger partial charge on any atom is -0.410 e. The molecule has 23 heavy (non-hydrogen) atoms. The minimum atomic E-state index is -0.618. The second-order valence-electron chi connectivity index (χ2n) is 5.35. The van der Waals surface area contributed by atoms with Gasteiger partial charge in [-0.05, 0) is 36.2 Å². The van der Waals surface area contributed by atoms with Crippen LogP contribution in [-0.4, -0.2) is 17.5 Å². The van der Waals surface area contributed by atoms with Crippen molar-refractivity contribution in [1.29, 1.82) is 0 Å². The molecule has 3 nitrogen and oxygen atoms in total. The van der Waals surface area contributed by atoms with Crippen molar-refractivity contribution in [2.75, 3.05) is 6.54 Å². The number of amides is 1. The van der Waals surface area contributed by atoms with E-state index in [0.29, 0.717) is 24.3 Å². The van der Waals surface area contributed by atoms with Crippen molar-refractivity contribution in [1.82, 2.24) is 4.90 Å². The first-order chi connectivity index (χ1) is 11.1. The van der Waals surface area contributed by atoms with Gasteiger partial charge in [-0.1, -0.05) is 24.3 Å². The highest BCUT2D eigenvalue weighted by Gasteiger charge is 2.23. The number of ether oxygens (including phenoxy) is 1. The van der Waals surface area contributed by atoms with Crippen molar-refractivity contribution < 1.29 is 18.3 Å². The standard InChI is InChI=1S/C18H15F2NO2/c19-15-9-14(10-16(20)11-15)13-5-4-8-21(12-13)18(22)23-17-6-2-1-3-7-17/h1-4,6-11,13H,5,12H2/t13-/m1/s1. The van der Waals surface area contributed by atoms with E-state index in [2.05, 4.69) is 0 Å². The largest absolute Gasteiger partial charge is 0.419 e. The number of hydrogen-bond acceptors (Lipinski definition) is 2. The highest BCUT2D eigenvalue weighted by molar-refractivity contribution is 5.72. The fourth-order valence-corrected chi connectivity index (χ4v) is 2.56. The zero-order valence-corrected chi connectivity index (χ0v) is 12.3. The first-order valence-corrected chi connectivity index (χ1v) is 7.28. The molecule has 0 unspecified atom stereocenters. The molecule has 0 N–H and O–H groups in total. The zero-order chi connectivity index (χ0) is 16.2. The Hall–Kier alpha value is -2.69.